The van der Waals surface area contributed by atoms with Gasteiger partial charge in [0.1, 0.15) is 17.2 Å². The van der Waals surface area contributed by atoms with Gasteiger partial charge in [-0.2, -0.15) is 0 Å². The van der Waals surface area contributed by atoms with Gasteiger partial charge in [-0.25, -0.2) is 4.98 Å². The van der Waals surface area contributed by atoms with Gasteiger partial charge in [-0.3, -0.25) is 14.2 Å². The van der Waals surface area contributed by atoms with E-state index >= 15 is 0 Å². The maximum atomic E-state index is 13.8. The Balaban J connectivity index is 1.54. The number of amides is 1. The van der Waals surface area contributed by atoms with Crippen LogP contribution in [0.1, 0.15) is 55.2 Å². The average Bonchev–Trinajstić information content (AvgIpc) is 3.19. The Hall–Kier alpha value is -3.25. The Morgan fingerprint density at radius 1 is 1.09 bits per heavy atom. The Bertz CT molecular complexity index is 1470. The minimum absolute atomic E-state index is 0.0410. The number of thiophene rings is 1. The number of rotatable bonds is 4. The van der Waals surface area contributed by atoms with Gasteiger partial charge in [0.05, 0.1) is 5.39 Å². The number of carbonyl (C=O) groups excluding carboxylic acids is 1. The Morgan fingerprint density at radius 2 is 1.83 bits per heavy atom. The number of aromatic nitrogens is 2. The molecule has 2 aromatic carbocycles. The lowest BCUT2D eigenvalue weighted by Gasteiger charge is -2.19. The lowest BCUT2D eigenvalue weighted by molar-refractivity contribution is -0.116. The molecule has 1 amide bonds. The first-order chi connectivity index (χ1) is 16.7. The quantitative estimate of drug-likeness (QED) is 0.372. The highest BCUT2D eigenvalue weighted by molar-refractivity contribution is 7.18. The first-order valence-corrected chi connectivity index (χ1v) is 13.0. The highest BCUT2D eigenvalue weighted by Gasteiger charge is 2.23. The van der Waals surface area contributed by atoms with Crippen LogP contribution in [0, 0.1) is 6.92 Å². The molecule has 35 heavy (non-hydrogen) atoms. The molecule has 0 bridgehead atoms. The molecule has 1 N–H and O–H groups in total. The molecule has 1 aliphatic carbocycles. The van der Waals surface area contributed by atoms with Crippen LogP contribution < -0.4 is 10.9 Å². The fraction of sp³-hybridized carbons (Fsp3) is 0.345. The van der Waals surface area contributed by atoms with E-state index in [4.69, 9.17) is 4.98 Å². The van der Waals surface area contributed by atoms with Gasteiger partial charge in [0, 0.05) is 16.1 Å². The molecule has 0 spiro atoms. The summed E-state index contributed by atoms with van der Waals surface area (Å²) in [7, 11) is 0. The summed E-state index contributed by atoms with van der Waals surface area (Å²) in [6.45, 7) is 8.41. The van der Waals surface area contributed by atoms with Crippen LogP contribution in [0.3, 0.4) is 0 Å². The van der Waals surface area contributed by atoms with Crippen LogP contribution in [-0.2, 0) is 29.6 Å². The molecule has 2 heterocycles. The molecule has 5 rings (SSSR count). The smallest absolute Gasteiger partial charge is 0.263 e. The molecule has 0 radical (unpaired) electrons. The van der Waals surface area contributed by atoms with Gasteiger partial charge in [-0.1, -0.05) is 56.7 Å². The molecule has 180 valence electrons. The number of anilines is 1. The topological polar surface area (TPSA) is 64.0 Å². The minimum Gasteiger partial charge on any atom is -0.325 e. The number of carbonyl (C=O) groups is 1. The Morgan fingerprint density at radius 3 is 2.54 bits per heavy atom. The van der Waals surface area contributed by atoms with E-state index in [1.165, 1.54) is 10.4 Å². The lowest BCUT2D eigenvalue weighted by Crippen LogP contribution is -2.30. The predicted molar refractivity (Wildman–Crippen MR) is 144 cm³/mol. The van der Waals surface area contributed by atoms with Crippen molar-refractivity contribution in [2.24, 2.45) is 0 Å². The van der Waals surface area contributed by atoms with E-state index in [2.05, 4.69) is 26.1 Å². The van der Waals surface area contributed by atoms with E-state index in [0.29, 0.717) is 11.2 Å². The fourth-order valence-corrected chi connectivity index (χ4v) is 6.04. The van der Waals surface area contributed by atoms with Crippen LogP contribution in [0.2, 0.25) is 0 Å². The molecule has 0 fully saturated rings. The summed E-state index contributed by atoms with van der Waals surface area (Å²) >= 11 is 1.64. The summed E-state index contributed by atoms with van der Waals surface area (Å²) in [5.74, 6) is 0.304. The first kappa shape index (κ1) is 23.5. The van der Waals surface area contributed by atoms with Crippen molar-refractivity contribution < 1.29 is 4.79 Å². The average molecular weight is 486 g/mol. The highest BCUT2D eigenvalue weighted by Crippen LogP contribution is 2.35. The van der Waals surface area contributed by atoms with E-state index in [1.54, 1.807) is 15.9 Å². The molecule has 2 aromatic heterocycles. The van der Waals surface area contributed by atoms with Crippen molar-refractivity contribution in [1.29, 1.82) is 0 Å². The lowest BCUT2D eigenvalue weighted by atomic mass is 9.87. The van der Waals surface area contributed by atoms with Crippen molar-refractivity contribution in [3.63, 3.8) is 0 Å². The maximum Gasteiger partial charge on any atom is 0.263 e. The third kappa shape index (κ3) is 4.67. The van der Waals surface area contributed by atoms with E-state index in [9.17, 15) is 9.59 Å². The molecular weight excluding hydrogens is 454 g/mol. The Kier molecular flexibility index (Phi) is 6.09. The third-order valence-corrected chi connectivity index (χ3v) is 7.87. The summed E-state index contributed by atoms with van der Waals surface area (Å²) in [4.78, 5) is 34.0. The summed E-state index contributed by atoms with van der Waals surface area (Å²) in [6.07, 6.45) is 4.14. The zero-order valence-corrected chi connectivity index (χ0v) is 21.6. The number of fused-ring (bicyclic) bond motifs is 3. The van der Waals surface area contributed by atoms with E-state index in [-0.39, 0.29) is 23.4 Å². The Labute approximate surface area is 209 Å². The molecule has 1 aliphatic rings. The van der Waals surface area contributed by atoms with Gasteiger partial charge in [0.2, 0.25) is 5.91 Å². The fourth-order valence-electron chi connectivity index (χ4n) is 4.79. The molecule has 0 aliphatic heterocycles. The van der Waals surface area contributed by atoms with Gasteiger partial charge in [-0.05, 0) is 67.3 Å². The number of hydrogen-bond acceptors (Lipinski definition) is 4. The second kappa shape index (κ2) is 9.08. The van der Waals surface area contributed by atoms with Crippen LogP contribution in [-0.4, -0.2) is 15.5 Å². The molecular formula is C29H31N3O2S. The van der Waals surface area contributed by atoms with Crippen molar-refractivity contribution in [2.45, 2.75) is 65.3 Å². The summed E-state index contributed by atoms with van der Waals surface area (Å²) in [5, 5.41) is 3.66. The van der Waals surface area contributed by atoms with Crippen LogP contribution in [0.15, 0.2) is 53.3 Å². The molecule has 0 unspecified atom stereocenters. The molecule has 4 aromatic rings. The van der Waals surface area contributed by atoms with Crippen molar-refractivity contribution in [1.82, 2.24) is 9.55 Å². The first-order valence-electron chi connectivity index (χ1n) is 12.2. The molecule has 0 saturated carbocycles. The number of aryl methyl sites for hydroxylation is 3. The van der Waals surface area contributed by atoms with Gasteiger partial charge in [0.25, 0.3) is 5.56 Å². The normalized spacial score (nSPS) is 13.6. The summed E-state index contributed by atoms with van der Waals surface area (Å²) in [5.41, 5.74) is 4.90. The largest absolute Gasteiger partial charge is 0.325 e. The molecule has 5 nitrogen and oxygen atoms in total. The highest BCUT2D eigenvalue weighted by atomic mass is 32.1. The van der Waals surface area contributed by atoms with Gasteiger partial charge >= 0.3 is 0 Å². The molecule has 0 saturated heterocycles. The maximum absolute atomic E-state index is 13.8. The molecule has 6 heteroatoms. The van der Waals surface area contributed by atoms with Crippen LogP contribution >= 0.6 is 11.3 Å². The van der Waals surface area contributed by atoms with Gasteiger partial charge < -0.3 is 5.32 Å². The van der Waals surface area contributed by atoms with Gasteiger partial charge in [0.15, 0.2) is 0 Å². The molecule has 0 atom stereocenters. The monoisotopic (exact) mass is 485 g/mol. The van der Waals surface area contributed by atoms with E-state index in [1.807, 2.05) is 55.5 Å². The van der Waals surface area contributed by atoms with E-state index in [0.717, 1.165) is 52.9 Å². The SMILES string of the molecule is Cc1cccc(-c2nc3sc4c(c3c(=O)n2CC(=O)Nc2ccc(C(C)(C)C)cc2)CCCC4)c1. The van der Waals surface area contributed by atoms with Crippen molar-refractivity contribution in [3.8, 4) is 11.4 Å². The second-order valence-corrected chi connectivity index (χ2v) is 11.5. The predicted octanol–water partition coefficient (Wildman–Crippen LogP) is 6.25. The zero-order chi connectivity index (χ0) is 24.7. The van der Waals surface area contributed by atoms with E-state index < -0.39 is 0 Å². The second-order valence-electron chi connectivity index (χ2n) is 10.5. The number of nitrogens with one attached hydrogen (secondary N) is 1. The van der Waals surface area contributed by atoms with Crippen LogP contribution in [0.4, 0.5) is 5.69 Å². The summed E-state index contributed by atoms with van der Waals surface area (Å²) in [6, 6.07) is 15.8. The third-order valence-electron chi connectivity index (χ3n) is 6.69. The van der Waals surface area contributed by atoms with Gasteiger partial charge in [-0.15, -0.1) is 11.3 Å². The number of nitrogens with zero attached hydrogens (tertiary/aromatic N) is 2. The van der Waals surface area contributed by atoms with Crippen molar-refractivity contribution >= 4 is 33.1 Å². The number of hydrogen-bond donors (Lipinski definition) is 1. The summed E-state index contributed by atoms with van der Waals surface area (Å²) < 4.78 is 1.55. The van der Waals surface area contributed by atoms with Crippen LogP contribution in [0.25, 0.3) is 21.6 Å². The van der Waals surface area contributed by atoms with Crippen LogP contribution in [0.5, 0.6) is 0 Å². The number of benzene rings is 2. The van der Waals surface area contributed by atoms with Crippen molar-refractivity contribution in [2.75, 3.05) is 5.32 Å². The standard InChI is InChI=1S/C29H31N3O2S/c1-18-8-7-9-19(16-18)26-31-27-25(22-10-5-6-11-23(22)35-27)28(34)32(26)17-24(33)30-21-14-12-20(13-15-21)29(2,3)4/h7-9,12-16H,5-6,10-11,17H2,1-4H3,(H,30,33). The minimum atomic E-state index is -0.241. The zero-order valence-electron chi connectivity index (χ0n) is 20.8. The van der Waals surface area contributed by atoms with Crippen molar-refractivity contribution in [3.05, 3.63) is 80.5 Å².